The highest BCUT2D eigenvalue weighted by Gasteiger charge is 2.24. The van der Waals surface area contributed by atoms with Gasteiger partial charge in [0.2, 0.25) is 5.91 Å². The van der Waals surface area contributed by atoms with Crippen LogP contribution in [-0.2, 0) is 14.3 Å². The molecule has 1 N–H and O–H groups in total. The van der Waals surface area contributed by atoms with Crippen molar-refractivity contribution in [2.24, 2.45) is 0 Å². The predicted octanol–water partition coefficient (Wildman–Crippen LogP) is 1.98. The van der Waals surface area contributed by atoms with E-state index in [1.807, 2.05) is 0 Å². The number of piperidine rings is 1. The molecule has 148 valence electrons. The standard InChI is InChI=1S/C19H26N2O6/c1-3-26-19(24)27-16-6-4-14(5-7-16)18(23)21-11-8-15(9-12-21)20-17(22)10-13-25-2/h4-7,15H,3,8-13H2,1-2H3,(H,20,22). The fourth-order valence-electron chi connectivity index (χ4n) is 2.81. The van der Waals surface area contributed by atoms with E-state index < -0.39 is 6.16 Å². The van der Waals surface area contributed by atoms with E-state index in [4.69, 9.17) is 14.2 Å². The molecule has 1 fully saturated rings. The van der Waals surface area contributed by atoms with Gasteiger partial charge in [-0.2, -0.15) is 0 Å². The van der Waals surface area contributed by atoms with Gasteiger partial charge in [-0.05, 0) is 44.0 Å². The summed E-state index contributed by atoms with van der Waals surface area (Å²) in [5.74, 6) is 0.211. The van der Waals surface area contributed by atoms with Gasteiger partial charge in [-0.1, -0.05) is 0 Å². The Balaban J connectivity index is 1.81. The quantitative estimate of drug-likeness (QED) is 0.576. The van der Waals surface area contributed by atoms with Crippen molar-refractivity contribution in [1.29, 1.82) is 0 Å². The summed E-state index contributed by atoms with van der Waals surface area (Å²) < 4.78 is 14.6. The molecule has 0 aliphatic carbocycles. The van der Waals surface area contributed by atoms with Crippen LogP contribution in [0.2, 0.25) is 0 Å². The van der Waals surface area contributed by atoms with Crippen LogP contribution in [0.5, 0.6) is 5.75 Å². The molecular formula is C19H26N2O6. The molecule has 2 rings (SSSR count). The third kappa shape index (κ3) is 6.56. The molecule has 1 aromatic rings. The minimum atomic E-state index is -0.772. The molecule has 2 amide bonds. The summed E-state index contributed by atoms with van der Waals surface area (Å²) in [7, 11) is 1.56. The van der Waals surface area contributed by atoms with E-state index in [1.165, 1.54) is 0 Å². The Labute approximate surface area is 158 Å². The largest absolute Gasteiger partial charge is 0.513 e. The van der Waals surface area contributed by atoms with Crippen LogP contribution in [0, 0.1) is 0 Å². The Hall–Kier alpha value is -2.61. The Morgan fingerprint density at radius 1 is 1.15 bits per heavy atom. The second kappa shape index (κ2) is 10.5. The van der Waals surface area contributed by atoms with Crippen molar-refractivity contribution < 1.29 is 28.6 Å². The topological polar surface area (TPSA) is 94.2 Å². The van der Waals surface area contributed by atoms with Crippen LogP contribution >= 0.6 is 0 Å². The zero-order valence-electron chi connectivity index (χ0n) is 15.7. The molecule has 8 heteroatoms. The van der Waals surface area contributed by atoms with Gasteiger partial charge in [-0.25, -0.2) is 4.79 Å². The van der Waals surface area contributed by atoms with Crippen molar-refractivity contribution in [2.75, 3.05) is 33.4 Å². The van der Waals surface area contributed by atoms with Gasteiger partial charge in [0.15, 0.2) is 0 Å². The molecule has 1 aliphatic heterocycles. The lowest BCUT2D eigenvalue weighted by molar-refractivity contribution is -0.122. The first-order valence-corrected chi connectivity index (χ1v) is 9.05. The van der Waals surface area contributed by atoms with Crippen molar-refractivity contribution >= 4 is 18.0 Å². The summed E-state index contributed by atoms with van der Waals surface area (Å²) in [6.07, 6.45) is 1.00. The number of likely N-dealkylation sites (tertiary alicyclic amines) is 1. The second-order valence-electron chi connectivity index (χ2n) is 6.19. The number of nitrogens with one attached hydrogen (secondary N) is 1. The van der Waals surface area contributed by atoms with Gasteiger partial charge in [-0.15, -0.1) is 0 Å². The molecule has 1 aliphatic rings. The Morgan fingerprint density at radius 2 is 1.81 bits per heavy atom. The molecule has 1 heterocycles. The van der Waals surface area contributed by atoms with Gasteiger partial charge >= 0.3 is 6.16 Å². The first-order chi connectivity index (χ1) is 13.0. The lowest BCUT2D eigenvalue weighted by Crippen LogP contribution is -2.46. The monoisotopic (exact) mass is 378 g/mol. The molecule has 27 heavy (non-hydrogen) atoms. The summed E-state index contributed by atoms with van der Waals surface area (Å²) in [5.41, 5.74) is 0.522. The lowest BCUT2D eigenvalue weighted by atomic mass is 10.0. The SMILES string of the molecule is CCOC(=O)Oc1ccc(C(=O)N2CCC(NC(=O)CCOC)CC2)cc1. The zero-order valence-corrected chi connectivity index (χ0v) is 15.7. The second-order valence-corrected chi connectivity index (χ2v) is 6.19. The molecule has 0 atom stereocenters. The number of rotatable bonds is 7. The van der Waals surface area contributed by atoms with E-state index in [0.29, 0.717) is 50.3 Å². The van der Waals surface area contributed by atoms with E-state index in [-0.39, 0.29) is 24.5 Å². The van der Waals surface area contributed by atoms with Gasteiger partial charge in [0.05, 0.1) is 13.2 Å². The highest BCUT2D eigenvalue weighted by atomic mass is 16.7. The Kier molecular flexibility index (Phi) is 8.06. The molecule has 1 aromatic carbocycles. The van der Waals surface area contributed by atoms with Crippen molar-refractivity contribution in [3.8, 4) is 5.75 Å². The highest BCUT2D eigenvalue weighted by Crippen LogP contribution is 2.17. The maximum Gasteiger partial charge on any atom is 0.513 e. The van der Waals surface area contributed by atoms with Gasteiger partial charge in [0.1, 0.15) is 5.75 Å². The average Bonchev–Trinajstić information content (AvgIpc) is 2.67. The molecule has 0 saturated carbocycles. The number of benzene rings is 1. The highest BCUT2D eigenvalue weighted by molar-refractivity contribution is 5.94. The third-order valence-electron chi connectivity index (χ3n) is 4.25. The fraction of sp³-hybridized carbons (Fsp3) is 0.526. The normalized spacial score (nSPS) is 14.5. The maximum atomic E-state index is 12.6. The minimum absolute atomic E-state index is 0.0289. The van der Waals surface area contributed by atoms with Gasteiger partial charge < -0.3 is 24.4 Å². The molecule has 0 spiro atoms. The van der Waals surface area contributed by atoms with Crippen LogP contribution in [0.4, 0.5) is 4.79 Å². The lowest BCUT2D eigenvalue weighted by Gasteiger charge is -2.32. The number of carbonyl (C=O) groups excluding carboxylic acids is 3. The van der Waals surface area contributed by atoms with Gasteiger partial charge in [-0.3, -0.25) is 9.59 Å². The summed E-state index contributed by atoms with van der Waals surface area (Å²) >= 11 is 0. The molecule has 0 radical (unpaired) electrons. The van der Waals surface area contributed by atoms with E-state index in [1.54, 1.807) is 43.2 Å². The van der Waals surface area contributed by atoms with Gasteiger partial charge in [0.25, 0.3) is 5.91 Å². The zero-order chi connectivity index (χ0) is 19.6. The molecule has 0 aromatic heterocycles. The molecule has 1 saturated heterocycles. The maximum absolute atomic E-state index is 12.6. The number of hydrogen-bond acceptors (Lipinski definition) is 6. The Bertz CT molecular complexity index is 638. The number of amides is 2. The van der Waals surface area contributed by atoms with E-state index in [9.17, 15) is 14.4 Å². The van der Waals surface area contributed by atoms with Crippen molar-refractivity contribution in [3.63, 3.8) is 0 Å². The van der Waals surface area contributed by atoms with Crippen LogP contribution < -0.4 is 10.1 Å². The molecule has 8 nitrogen and oxygen atoms in total. The smallest absolute Gasteiger partial charge is 0.434 e. The summed E-state index contributed by atoms with van der Waals surface area (Å²) in [6.45, 7) is 3.48. The molecular weight excluding hydrogens is 352 g/mol. The van der Waals surface area contributed by atoms with Crippen molar-refractivity contribution in [2.45, 2.75) is 32.2 Å². The van der Waals surface area contributed by atoms with E-state index in [0.717, 1.165) is 0 Å². The van der Waals surface area contributed by atoms with Crippen LogP contribution in [0.1, 0.15) is 36.5 Å². The number of nitrogens with zero attached hydrogens (tertiary/aromatic N) is 1. The summed E-state index contributed by atoms with van der Waals surface area (Å²) in [4.78, 5) is 37.4. The first-order valence-electron chi connectivity index (χ1n) is 9.05. The van der Waals surface area contributed by atoms with E-state index >= 15 is 0 Å². The molecule has 0 bridgehead atoms. The number of ether oxygens (including phenoxy) is 3. The number of hydrogen-bond donors (Lipinski definition) is 1. The minimum Gasteiger partial charge on any atom is -0.434 e. The third-order valence-corrected chi connectivity index (χ3v) is 4.25. The van der Waals surface area contributed by atoms with Crippen LogP contribution in [0.25, 0.3) is 0 Å². The average molecular weight is 378 g/mol. The first kappa shape index (κ1) is 20.7. The van der Waals surface area contributed by atoms with E-state index in [2.05, 4.69) is 5.32 Å². The van der Waals surface area contributed by atoms with Crippen molar-refractivity contribution in [1.82, 2.24) is 10.2 Å². The summed E-state index contributed by atoms with van der Waals surface area (Å²) in [5, 5.41) is 2.97. The van der Waals surface area contributed by atoms with Crippen LogP contribution in [0.15, 0.2) is 24.3 Å². The van der Waals surface area contributed by atoms with Gasteiger partial charge in [0, 0.05) is 38.2 Å². The molecule has 0 unspecified atom stereocenters. The van der Waals surface area contributed by atoms with Crippen LogP contribution in [0.3, 0.4) is 0 Å². The summed E-state index contributed by atoms with van der Waals surface area (Å²) in [6, 6.07) is 6.45. The Morgan fingerprint density at radius 3 is 2.41 bits per heavy atom. The van der Waals surface area contributed by atoms with Crippen LogP contribution in [-0.4, -0.2) is 62.3 Å². The number of methoxy groups -OCH3 is 1. The van der Waals surface area contributed by atoms with Crippen molar-refractivity contribution in [3.05, 3.63) is 29.8 Å². The predicted molar refractivity (Wildman–Crippen MR) is 97.7 cm³/mol. The number of carbonyl (C=O) groups is 3. The fourth-order valence-corrected chi connectivity index (χ4v) is 2.81.